The summed E-state index contributed by atoms with van der Waals surface area (Å²) in [6, 6.07) is 0. The van der Waals surface area contributed by atoms with Crippen molar-refractivity contribution in [3.63, 3.8) is 0 Å². The lowest BCUT2D eigenvalue weighted by Gasteiger charge is -2.22. The first-order chi connectivity index (χ1) is 10.0. The van der Waals surface area contributed by atoms with Gasteiger partial charge in [0.25, 0.3) is 0 Å². The molecule has 0 heterocycles. The molecule has 7 heteroatoms. The third kappa shape index (κ3) is 9.79. The summed E-state index contributed by atoms with van der Waals surface area (Å²) in [6.07, 6.45) is -1.18. The molecular weight excluding hydrogens is 290 g/mol. The average molecular weight is 315 g/mol. The van der Waals surface area contributed by atoms with Crippen molar-refractivity contribution in [2.75, 3.05) is 6.61 Å². The summed E-state index contributed by atoms with van der Waals surface area (Å²) >= 11 is 0. The van der Waals surface area contributed by atoms with Crippen molar-refractivity contribution in [3.8, 4) is 0 Å². The van der Waals surface area contributed by atoms with Gasteiger partial charge in [0.05, 0.1) is 13.0 Å². The minimum Gasteiger partial charge on any atom is -0.465 e. The third-order valence-electron chi connectivity index (χ3n) is 2.12. The molecule has 1 N–H and O–H groups in total. The van der Waals surface area contributed by atoms with Gasteiger partial charge in [-0.15, -0.1) is 0 Å². The summed E-state index contributed by atoms with van der Waals surface area (Å²) in [6.45, 7) is 12.2. The maximum absolute atomic E-state index is 11.7. The summed E-state index contributed by atoms with van der Waals surface area (Å²) in [4.78, 5) is 34.6. The molecule has 0 aromatic heterocycles. The smallest absolute Gasteiger partial charge is 0.410 e. The maximum atomic E-state index is 11.7. The molecule has 0 fully saturated rings. The molecule has 0 aliphatic heterocycles. The van der Waals surface area contributed by atoms with E-state index in [1.54, 1.807) is 20.8 Å². The van der Waals surface area contributed by atoms with Gasteiger partial charge in [-0.05, 0) is 34.1 Å². The fraction of sp³-hybridized carbons (Fsp3) is 0.667. The predicted octanol–water partition coefficient (Wildman–Crippen LogP) is 2.30. The highest BCUT2D eigenvalue weighted by atomic mass is 16.6. The molecule has 0 saturated heterocycles. The van der Waals surface area contributed by atoms with E-state index in [4.69, 9.17) is 14.2 Å². The topological polar surface area (TPSA) is 90.9 Å². The molecule has 0 aliphatic rings. The van der Waals surface area contributed by atoms with E-state index < -0.39 is 29.9 Å². The van der Waals surface area contributed by atoms with E-state index in [0.717, 1.165) is 0 Å². The molecule has 0 aliphatic carbocycles. The second kappa shape index (κ2) is 9.07. The first-order valence-electron chi connectivity index (χ1n) is 7.09. The monoisotopic (exact) mass is 315 g/mol. The van der Waals surface area contributed by atoms with Gasteiger partial charge in [-0.2, -0.15) is 0 Å². The predicted molar refractivity (Wildman–Crippen MR) is 79.9 cm³/mol. The number of nitrogens with one attached hydrogen (secondary N) is 1. The minimum atomic E-state index is -0.911. The molecule has 1 amide bonds. The lowest BCUT2D eigenvalue weighted by molar-refractivity contribution is -0.149. The van der Waals surface area contributed by atoms with E-state index in [1.807, 2.05) is 6.92 Å². The van der Waals surface area contributed by atoms with E-state index >= 15 is 0 Å². The Labute approximate surface area is 131 Å². The first kappa shape index (κ1) is 19.9. The number of carbonyl (C=O) groups excluding carboxylic acids is 3. The summed E-state index contributed by atoms with van der Waals surface area (Å²) in [5, 5.41) is 2.35. The van der Waals surface area contributed by atoms with Crippen LogP contribution < -0.4 is 5.32 Å². The fourth-order valence-corrected chi connectivity index (χ4v) is 1.26. The number of hydrogen-bond donors (Lipinski definition) is 1. The van der Waals surface area contributed by atoms with E-state index in [2.05, 4.69) is 11.9 Å². The van der Waals surface area contributed by atoms with E-state index in [0.29, 0.717) is 6.42 Å². The molecule has 1 atom stereocenters. The van der Waals surface area contributed by atoms with Crippen molar-refractivity contribution in [3.05, 3.63) is 12.2 Å². The van der Waals surface area contributed by atoms with Gasteiger partial charge in [0.2, 0.25) is 0 Å². The zero-order valence-corrected chi connectivity index (χ0v) is 13.9. The molecule has 7 nitrogen and oxygen atoms in total. The van der Waals surface area contributed by atoms with E-state index in [-0.39, 0.29) is 18.6 Å². The maximum Gasteiger partial charge on any atom is 0.410 e. The number of ether oxygens (including phenoxy) is 3. The number of amides is 1. The van der Waals surface area contributed by atoms with Crippen LogP contribution in [0.4, 0.5) is 4.79 Å². The van der Waals surface area contributed by atoms with E-state index in [1.165, 1.54) is 6.92 Å². The fourth-order valence-electron chi connectivity index (χ4n) is 1.26. The van der Waals surface area contributed by atoms with Crippen molar-refractivity contribution in [2.45, 2.75) is 59.3 Å². The Hall–Kier alpha value is -2.05. The van der Waals surface area contributed by atoms with Crippen LogP contribution in [0.2, 0.25) is 0 Å². The van der Waals surface area contributed by atoms with Crippen LogP contribution >= 0.6 is 0 Å². The number of alkyl carbamates (subject to hydrolysis) is 1. The lowest BCUT2D eigenvalue weighted by Crippen LogP contribution is -2.40. The summed E-state index contributed by atoms with van der Waals surface area (Å²) in [5.74, 6) is -1.33. The summed E-state index contributed by atoms with van der Waals surface area (Å²) < 4.78 is 14.8. The Balaban J connectivity index is 4.21. The standard InChI is InChI=1S/C15H25NO6/c1-7-8-20-12(17)9-10(2)13(18)21-11(3)16-14(19)22-15(4,5)6/h11H,2,7-9H2,1,3-6H3,(H,16,19). The molecule has 0 aromatic rings. The zero-order chi connectivity index (χ0) is 17.3. The van der Waals surface area contributed by atoms with E-state index in [9.17, 15) is 14.4 Å². The Morgan fingerprint density at radius 3 is 2.32 bits per heavy atom. The van der Waals surface area contributed by atoms with Gasteiger partial charge >= 0.3 is 18.0 Å². The number of carbonyl (C=O) groups is 3. The summed E-state index contributed by atoms with van der Waals surface area (Å²) in [5.41, 5.74) is -0.695. The SMILES string of the molecule is C=C(CC(=O)OCCC)C(=O)OC(C)NC(=O)OC(C)(C)C. The van der Waals surface area contributed by atoms with Gasteiger partial charge in [-0.3, -0.25) is 10.1 Å². The van der Waals surface area contributed by atoms with Crippen molar-refractivity contribution in [1.82, 2.24) is 5.32 Å². The van der Waals surface area contributed by atoms with Gasteiger partial charge in [-0.25, -0.2) is 9.59 Å². The molecule has 0 radical (unpaired) electrons. The Morgan fingerprint density at radius 1 is 1.23 bits per heavy atom. The number of esters is 2. The molecule has 1 unspecified atom stereocenters. The minimum absolute atomic E-state index is 0.0426. The van der Waals surface area contributed by atoms with Crippen LogP contribution in [0.3, 0.4) is 0 Å². The van der Waals surface area contributed by atoms with Crippen LogP contribution in [0, 0.1) is 0 Å². The highest BCUT2D eigenvalue weighted by Crippen LogP contribution is 2.08. The van der Waals surface area contributed by atoms with Gasteiger partial charge in [0.1, 0.15) is 5.60 Å². The first-order valence-corrected chi connectivity index (χ1v) is 7.09. The van der Waals surface area contributed by atoms with Crippen molar-refractivity contribution >= 4 is 18.0 Å². The van der Waals surface area contributed by atoms with Gasteiger partial charge in [0.15, 0.2) is 6.23 Å². The Morgan fingerprint density at radius 2 is 1.82 bits per heavy atom. The van der Waals surface area contributed by atoms with Gasteiger partial charge in [0, 0.05) is 5.57 Å². The van der Waals surface area contributed by atoms with Crippen LogP contribution in [0.25, 0.3) is 0 Å². The lowest BCUT2D eigenvalue weighted by atomic mass is 10.2. The molecule has 0 bridgehead atoms. The molecule has 0 aromatic carbocycles. The molecule has 0 saturated carbocycles. The number of hydrogen-bond acceptors (Lipinski definition) is 6. The molecular formula is C15H25NO6. The van der Waals surface area contributed by atoms with Crippen molar-refractivity contribution < 1.29 is 28.6 Å². The van der Waals surface area contributed by atoms with Gasteiger partial charge < -0.3 is 14.2 Å². The summed E-state index contributed by atoms with van der Waals surface area (Å²) in [7, 11) is 0. The van der Waals surface area contributed by atoms with Crippen molar-refractivity contribution in [1.29, 1.82) is 0 Å². The van der Waals surface area contributed by atoms with Crippen LogP contribution in [0.15, 0.2) is 12.2 Å². The molecule has 0 spiro atoms. The molecule has 126 valence electrons. The average Bonchev–Trinajstić information content (AvgIpc) is 2.33. The molecule has 22 heavy (non-hydrogen) atoms. The second-order valence-electron chi connectivity index (χ2n) is 5.69. The second-order valence-corrected chi connectivity index (χ2v) is 5.69. The van der Waals surface area contributed by atoms with Crippen molar-refractivity contribution in [2.24, 2.45) is 0 Å². The Kier molecular flexibility index (Phi) is 8.22. The van der Waals surface area contributed by atoms with Crippen LogP contribution in [0.5, 0.6) is 0 Å². The highest BCUT2D eigenvalue weighted by Gasteiger charge is 2.21. The third-order valence-corrected chi connectivity index (χ3v) is 2.12. The normalized spacial score (nSPS) is 12.0. The van der Waals surface area contributed by atoms with Crippen LogP contribution in [-0.2, 0) is 23.8 Å². The molecule has 0 rings (SSSR count). The zero-order valence-electron chi connectivity index (χ0n) is 13.9. The largest absolute Gasteiger partial charge is 0.465 e. The van der Waals surface area contributed by atoms with Crippen LogP contribution in [-0.4, -0.2) is 36.5 Å². The quantitative estimate of drug-likeness (QED) is 0.335. The van der Waals surface area contributed by atoms with Crippen LogP contribution in [0.1, 0.15) is 47.5 Å². The highest BCUT2D eigenvalue weighted by molar-refractivity contribution is 5.93. The Bertz CT molecular complexity index is 424. The van der Waals surface area contributed by atoms with Gasteiger partial charge in [-0.1, -0.05) is 13.5 Å². The number of rotatable bonds is 7.